The van der Waals surface area contributed by atoms with Gasteiger partial charge in [0.05, 0.1) is 0 Å². The normalized spacial score (nSPS) is 12.7. The van der Waals surface area contributed by atoms with E-state index in [1.807, 2.05) is 37.3 Å². The van der Waals surface area contributed by atoms with Gasteiger partial charge in [-0.15, -0.1) is 15.3 Å². The second-order valence-electron chi connectivity index (χ2n) is 4.44. The van der Waals surface area contributed by atoms with Gasteiger partial charge in [0.25, 0.3) is 0 Å². The van der Waals surface area contributed by atoms with Gasteiger partial charge >= 0.3 is 0 Å². The van der Waals surface area contributed by atoms with Crippen LogP contribution in [0.3, 0.4) is 0 Å². The van der Waals surface area contributed by atoms with Crippen molar-refractivity contribution in [1.82, 2.24) is 0 Å². The van der Waals surface area contributed by atoms with Crippen LogP contribution in [-0.4, -0.2) is 5.66 Å². The average Bonchev–Trinajstić information content (AvgIpc) is 2.37. The summed E-state index contributed by atoms with van der Waals surface area (Å²) in [6.45, 7) is 6.36. The first kappa shape index (κ1) is 21.2. The largest absolute Gasteiger partial charge is 0.671 e. The number of rotatable bonds is 5. The van der Waals surface area contributed by atoms with Crippen LogP contribution in [-0.2, 0) is 0 Å². The topological polar surface area (TPSA) is 23.8 Å². The molecule has 0 bridgehead atoms. The van der Waals surface area contributed by atoms with Crippen molar-refractivity contribution in [2.24, 2.45) is 0 Å². The molecular weight excluding hydrogens is 390 g/mol. The molecule has 1 rings (SSSR count). The van der Waals surface area contributed by atoms with Crippen molar-refractivity contribution in [1.29, 1.82) is 0 Å². The molecule has 0 aromatic heterocycles. The van der Waals surface area contributed by atoms with Gasteiger partial charge in [0.1, 0.15) is 0 Å². The van der Waals surface area contributed by atoms with Crippen LogP contribution >= 0.6 is 9.24 Å². The molecular formula is C15H27HoNP-. The fraction of sp³-hybridized carbons (Fsp3) is 0.600. The van der Waals surface area contributed by atoms with Crippen molar-refractivity contribution < 1.29 is 37.7 Å². The van der Waals surface area contributed by atoms with Gasteiger partial charge in [-0.3, -0.25) is 0 Å². The van der Waals surface area contributed by atoms with E-state index in [1.54, 1.807) is 0 Å². The molecule has 3 unspecified atom stereocenters. The Bertz CT molecular complexity index is 264. The Hall–Kier alpha value is 0.870. The number of benzene rings is 1. The van der Waals surface area contributed by atoms with Gasteiger partial charge in [-0.25, -0.2) is 0 Å². The fourth-order valence-corrected chi connectivity index (χ4v) is 1.65. The molecule has 1 aromatic rings. The van der Waals surface area contributed by atoms with Crippen LogP contribution in [0.1, 0.15) is 58.1 Å². The van der Waals surface area contributed by atoms with Crippen molar-refractivity contribution in [3.05, 3.63) is 41.6 Å². The molecule has 1 aromatic carbocycles. The van der Waals surface area contributed by atoms with E-state index >= 15 is 0 Å². The summed E-state index contributed by atoms with van der Waals surface area (Å²) in [5.41, 5.74) is 9.27. The van der Waals surface area contributed by atoms with E-state index in [1.165, 1.54) is 25.7 Å². The first-order valence-electron chi connectivity index (χ1n) is 6.63. The predicted molar refractivity (Wildman–Crippen MR) is 82.5 cm³/mol. The molecule has 3 atom stereocenters. The molecule has 1 N–H and O–H groups in total. The minimum absolute atomic E-state index is 0. The summed E-state index contributed by atoms with van der Waals surface area (Å²) >= 11 is 0. The maximum Gasteiger partial charge on any atom is 0 e. The van der Waals surface area contributed by atoms with Gasteiger partial charge in [0.15, 0.2) is 0 Å². The summed E-state index contributed by atoms with van der Waals surface area (Å²) < 4.78 is 0. The third kappa shape index (κ3) is 11.9. The Morgan fingerprint density at radius 3 is 2.06 bits per heavy atom. The standard InChI is InChI=1S/C8H10N.C7H17P.Ho/c1-7(9)8-5-3-2-4-6-8;1-3-5-6-7(8)4-2;/h2-7,9H,1H3;7H,3-6,8H2,1-2H3;/q-1;;. The van der Waals surface area contributed by atoms with Crippen LogP contribution in [0.15, 0.2) is 30.3 Å². The Kier molecular flexibility index (Phi) is 16.8. The summed E-state index contributed by atoms with van der Waals surface area (Å²) in [4.78, 5) is 0. The number of hydrogen-bond donors (Lipinski definition) is 0. The molecule has 0 aliphatic heterocycles. The molecule has 0 saturated carbocycles. The molecule has 1 radical (unpaired) electrons. The van der Waals surface area contributed by atoms with Crippen molar-refractivity contribution in [2.45, 2.75) is 58.2 Å². The van der Waals surface area contributed by atoms with Crippen LogP contribution in [0.2, 0.25) is 0 Å². The van der Waals surface area contributed by atoms with Crippen LogP contribution in [0, 0.1) is 37.7 Å². The van der Waals surface area contributed by atoms with E-state index in [2.05, 4.69) is 23.1 Å². The van der Waals surface area contributed by atoms with Crippen molar-refractivity contribution in [2.75, 3.05) is 0 Å². The molecule has 0 saturated heterocycles. The zero-order valence-corrected chi connectivity index (χ0v) is 14.8. The molecule has 1 nitrogen and oxygen atoms in total. The van der Waals surface area contributed by atoms with E-state index in [9.17, 15) is 0 Å². The molecule has 0 aliphatic carbocycles. The Balaban J connectivity index is 0. The van der Waals surface area contributed by atoms with Crippen molar-refractivity contribution in [3.8, 4) is 0 Å². The first-order chi connectivity index (χ1) is 8.11. The van der Waals surface area contributed by atoms with E-state index in [-0.39, 0.29) is 43.8 Å². The maximum atomic E-state index is 7.32. The predicted octanol–water partition coefficient (Wildman–Crippen LogP) is 5.63. The van der Waals surface area contributed by atoms with Crippen LogP contribution in [0.25, 0.3) is 5.73 Å². The van der Waals surface area contributed by atoms with Gasteiger partial charge in [-0.05, 0) is 18.5 Å². The van der Waals surface area contributed by atoms with Gasteiger partial charge in [0.2, 0.25) is 0 Å². The summed E-state index contributed by atoms with van der Waals surface area (Å²) in [5.74, 6) is 0. The van der Waals surface area contributed by atoms with E-state index < -0.39 is 0 Å². The summed E-state index contributed by atoms with van der Waals surface area (Å²) in [5, 5.41) is 0. The molecule has 18 heavy (non-hydrogen) atoms. The zero-order chi connectivity index (χ0) is 13.1. The molecule has 0 spiro atoms. The molecule has 0 fully saturated rings. The van der Waals surface area contributed by atoms with E-state index in [0.717, 1.165) is 11.2 Å². The van der Waals surface area contributed by atoms with Crippen LogP contribution in [0.5, 0.6) is 0 Å². The summed E-state index contributed by atoms with van der Waals surface area (Å²) in [6, 6.07) is 9.73. The molecule has 3 heteroatoms. The van der Waals surface area contributed by atoms with Gasteiger partial charge in [-0.1, -0.05) is 69.5 Å². The zero-order valence-electron chi connectivity index (χ0n) is 11.7. The molecule has 0 amide bonds. The van der Waals surface area contributed by atoms with E-state index in [0.29, 0.717) is 0 Å². The second-order valence-corrected chi connectivity index (χ2v) is 5.39. The quantitative estimate of drug-likeness (QED) is 0.438. The third-order valence-electron chi connectivity index (χ3n) is 2.75. The van der Waals surface area contributed by atoms with Gasteiger partial charge in [-0.2, -0.15) is 0 Å². The van der Waals surface area contributed by atoms with Crippen molar-refractivity contribution >= 4 is 9.24 Å². The first-order valence-corrected chi connectivity index (χ1v) is 7.30. The van der Waals surface area contributed by atoms with Crippen LogP contribution in [0.4, 0.5) is 0 Å². The Morgan fingerprint density at radius 1 is 1.17 bits per heavy atom. The van der Waals surface area contributed by atoms with Gasteiger partial charge < -0.3 is 5.73 Å². The SMILES string of the molecule is CC([NH-])c1ccccc1.CCCCC(P)CC.[Ho]. The number of nitrogens with one attached hydrogen (secondary N) is 1. The minimum atomic E-state index is -0.0915. The fourth-order valence-electron chi connectivity index (χ4n) is 1.41. The third-order valence-corrected chi connectivity index (χ3v) is 3.56. The molecule has 0 heterocycles. The summed E-state index contributed by atoms with van der Waals surface area (Å²) in [7, 11) is 2.88. The summed E-state index contributed by atoms with van der Waals surface area (Å²) in [6.07, 6.45) is 5.43. The van der Waals surface area contributed by atoms with Crippen LogP contribution < -0.4 is 0 Å². The molecule has 0 aliphatic rings. The second kappa shape index (κ2) is 14.3. The van der Waals surface area contributed by atoms with Gasteiger partial charge in [0, 0.05) is 37.7 Å². The van der Waals surface area contributed by atoms with E-state index in [4.69, 9.17) is 5.73 Å². The minimum Gasteiger partial charge on any atom is -0.671 e. The number of unbranched alkanes of at least 4 members (excludes halogenated alkanes) is 1. The smallest absolute Gasteiger partial charge is 0 e. The Labute approximate surface area is 146 Å². The van der Waals surface area contributed by atoms with Crippen molar-refractivity contribution in [3.63, 3.8) is 0 Å². The molecule has 109 valence electrons. The maximum absolute atomic E-state index is 7.32. The monoisotopic (exact) mass is 417 g/mol. The Morgan fingerprint density at radius 2 is 1.72 bits per heavy atom. The average molecular weight is 417 g/mol. The number of hydrogen-bond acceptors (Lipinski definition) is 0.